The van der Waals surface area contributed by atoms with E-state index < -0.39 is 23.5 Å². The van der Waals surface area contributed by atoms with E-state index in [1.54, 1.807) is 7.11 Å². The molecule has 7 rings (SSSR count). The van der Waals surface area contributed by atoms with Crippen LogP contribution in [0.25, 0.3) is 35.2 Å². The Bertz CT molecular complexity index is 2020. The van der Waals surface area contributed by atoms with Gasteiger partial charge >= 0.3 is 34.8 Å². The number of carboxylic acids is 1. The Labute approximate surface area is 284 Å². The van der Waals surface area contributed by atoms with Crippen molar-refractivity contribution in [3.05, 3.63) is 90.1 Å². The fraction of sp³-hybridized carbons (Fsp3) is 0.389. The molecule has 4 atom stereocenters. The number of carbonyl (C=O) groups excluding carboxylic acids is 1. The van der Waals surface area contributed by atoms with E-state index in [1.165, 1.54) is 0 Å². The quantitative estimate of drug-likeness (QED) is 0.185. The Morgan fingerprint density at radius 2 is 1.74 bits per heavy atom. The molecule has 2 N–H and O–H groups in total. The second-order valence-electron chi connectivity index (χ2n) is 12.9. The van der Waals surface area contributed by atoms with Gasteiger partial charge in [0, 0.05) is 5.56 Å². The van der Waals surface area contributed by atoms with Crippen molar-refractivity contribution in [1.29, 1.82) is 0 Å². The van der Waals surface area contributed by atoms with Gasteiger partial charge in [-0.2, -0.15) is 11.4 Å². The number of Topliss-reactive ketones (excluding diaryl/α,β-unsaturated/α-hetero) is 1. The monoisotopic (exact) mass is 629 g/mol. The van der Waals surface area contributed by atoms with Gasteiger partial charge in [-0.1, -0.05) is 72.6 Å². The number of aliphatic hydroxyl groups is 1. The molecule has 234 valence electrons. The average molecular weight is 630 g/mol. The predicted octanol–water partition coefficient (Wildman–Crippen LogP) is 3.23. The summed E-state index contributed by atoms with van der Waals surface area (Å²) in [5, 5.41) is 28.0. The van der Waals surface area contributed by atoms with Gasteiger partial charge in [0.05, 0.1) is 6.42 Å². The van der Waals surface area contributed by atoms with Gasteiger partial charge in [-0.15, -0.1) is 33.5 Å². The minimum Gasteiger partial charge on any atom is -0.664 e. The number of hydrogen-bond donors (Lipinski definition) is 2. The topological polar surface area (TPSA) is 134 Å². The summed E-state index contributed by atoms with van der Waals surface area (Å²) in [5.74, 6) is -4.41. The minimum absolute atomic E-state index is 0. The SMILES string of the molecule is C=Cc1c2[n-]c(c1C)/C=C1\[N-]/C(=C3\c4[n-]c(c(C)c4C(=O)[C@@H]3C(=O)O)/C=c3\[n-]/c(c(C)c3CC)=C\2)[C@@H](CC[C@]2(O)C[O+]2C)[C@@H]1C.[Mg+2]. The van der Waals surface area contributed by atoms with Crippen LogP contribution in [0.1, 0.15) is 87.6 Å². The number of carbonyl (C=O) groups is 2. The van der Waals surface area contributed by atoms with Crippen molar-refractivity contribution >= 4 is 64.7 Å². The first-order chi connectivity index (χ1) is 21.4. The maximum atomic E-state index is 13.9. The standard InChI is InChI=1S/C36H39N4O5.Mg/c1-8-20-16(3)23-12-25-18(5)22(10-11-36(44)15-45(36)7)32(39-25)30-31(35(42)43)34(41)29-19(6)26(40-33(29)30)14-28-21(9-2)17(4)24(38-28)13-27(20)37-23;/h8,12-14,18,22,31,44H,1,9-11,15H2,2-7H3,(H3,39,40,41,42,43);/q-1;+2/p-2/b24-13-,25-12-,28-14-;/t18-,22-,31+,36+;/m0./s1. The van der Waals surface area contributed by atoms with Crippen LogP contribution in [-0.4, -0.2) is 64.5 Å². The molecule has 6 heterocycles. The summed E-state index contributed by atoms with van der Waals surface area (Å²) in [6.07, 6.45) is 9.46. The molecule has 3 aliphatic heterocycles. The van der Waals surface area contributed by atoms with Crippen molar-refractivity contribution in [2.24, 2.45) is 17.8 Å². The largest absolute Gasteiger partial charge is 2.00 e. The molecule has 46 heavy (non-hydrogen) atoms. The minimum atomic E-state index is -1.40. The Balaban J connectivity index is 0.00000372. The number of rotatable bonds is 6. The average Bonchev–Trinajstić information content (AvgIpc) is 3.41. The van der Waals surface area contributed by atoms with Crippen molar-refractivity contribution < 1.29 is 24.2 Å². The van der Waals surface area contributed by atoms with Gasteiger partial charge in [-0.05, 0) is 51.0 Å². The van der Waals surface area contributed by atoms with Crippen LogP contribution in [-0.2, 0) is 15.6 Å². The molecule has 0 unspecified atom stereocenters. The number of carboxylic acid groups (broad SMARTS) is 1. The zero-order valence-electron chi connectivity index (χ0n) is 27.2. The van der Waals surface area contributed by atoms with Crippen molar-refractivity contribution in [1.82, 2.24) is 15.0 Å². The van der Waals surface area contributed by atoms with Crippen LogP contribution in [0.5, 0.6) is 0 Å². The van der Waals surface area contributed by atoms with E-state index in [4.69, 9.17) is 20.3 Å². The van der Waals surface area contributed by atoms with Crippen molar-refractivity contribution in [3.8, 4) is 0 Å². The molecule has 0 radical (unpaired) electrons. The van der Waals surface area contributed by atoms with Gasteiger partial charge in [0.15, 0.2) is 5.78 Å². The fourth-order valence-electron chi connectivity index (χ4n) is 7.48. The summed E-state index contributed by atoms with van der Waals surface area (Å²) in [7, 11) is 1.79. The molecule has 0 aromatic carbocycles. The molecule has 10 heteroatoms. The normalized spacial score (nSPS) is 28.8. The van der Waals surface area contributed by atoms with Crippen LogP contribution in [0.4, 0.5) is 0 Å². The molecular weight excluding hydrogens is 593 g/mol. The Kier molecular flexibility index (Phi) is 7.95. The maximum Gasteiger partial charge on any atom is 2.00 e. The van der Waals surface area contributed by atoms with Gasteiger partial charge < -0.3 is 34.8 Å². The van der Waals surface area contributed by atoms with Gasteiger partial charge in [0.1, 0.15) is 13.0 Å². The number of fused-ring (bicyclic) bond motifs is 7. The van der Waals surface area contributed by atoms with Crippen molar-refractivity contribution in [3.63, 3.8) is 0 Å². The van der Waals surface area contributed by atoms with E-state index in [-0.39, 0.29) is 34.9 Å². The molecule has 0 spiro atoms. The van der Waals surface area contributed by atoms with E-state index in [0.717, 1.165) is 56.5 Å². The van der Waals surface area contributed by atoms with Crippen LogP contribution >= 0.6 is 0 Å². The molecule has 0 amide bonds. The molecule has 3 aromatic heterocycles. The van der Waals surface area contributed by atoms with Gasteiger partial charge in [0.2, 0.25) is 0 Å². The molecule has 3 aromatic rings. The maximum absolute atomic E-state index is 13.9. The molecule has 4 aliphatic rings. The summed E-state index contributed by atoms with van der Waals surface area (Å²) < 4.78 is 2.72. The second-order valence-corrected chi connectivity index (χ2v) is 12.9. The second kappa shape index (κ2) is 11.3. The van der Waals surface area contributed by atoms with E-state index in [9.17, 15) is 19.8 Å². The van der Waals surface area contributed by atoms with Crippen molar-refractivity contribution in [2.75, 3.05) is 13.7 Å². The number of nitrogens with zero attached hydrogens (tertiary/aromatic N) is 4. The molecule has 0 saturated carbocycles. The number of hydrogen-bond acceptors (Lipinski definition) is 3. The zero-order chi connectivity index (χ0) is 32.1. The van der Waals surface area contributed by atoms with Crippen LogP contribution in [0, 0.1) is 38.5 Å². The number of allylic oxidation sites excluding steroid dienone is 2. The number of epoxide rings is 1. The Morgan fingerprint density at radius 3 is 2.37 bits per heavy atom. The van der Waals surface area contributed by atoms with E-state index in [1.807, 2.05) is 38.2 Å². The summed E-state index contributed by atoms with van der Waals surface area (Å²) >= 11 is 0. The molecule has 2 saturated heterocycles. The summed E-state index contributed by atoms with van der Waals surface area (Å²) in [5.41, 5.74) is 9.18. The number of aromatic nitrogens is 3. The van der Waals surface area contributed by atoms with E-state index in [2.05, 4.69) is 31.7 Å². The third-order valence-electron chi connectivity index (χ3n) is 10.4. The van der Waals surface area contributed by atoms with Crippen LogP contribution < -0.4 is 25.7 Å². The summed E-state index contributed by atoms with van der Waals surface area (Å²) in [4.78, 5) is 41.6. The Morgan fingerprint density at radius 1 is 1.07 bits per heavy atom. The van der Waals surface area contributed by atoms with E-state index in [0.29, 0.717) is 53.2 Å². The molecular formula is C36H37MgN4O5-. The van der Waals surface area contributed by atoms with Crippen LogP contribution in [0.15, 0.2) is 18.0 Å². The molecule has 9 nitrogen and oxygen atoms in total. The molecule has 2 fully saturated rings. The summed E-state index contributed by atoms with van der Waals surface area (Å²) in [6, 6.07) is 0. The smallest absolute Gasteiger partial charge is 0.664 e. The summed E-state index contributed by atoms with van der Waals surface area (Å²) in [6.45, 7) is 14.6. The van der Waals surface area contributed by atoms with Crippen LogP contribution in [0.3, 0.4) is 0 Å². The van der Waals surface area contributed by atoms with E-state index >= 15 is 0 Å². The first-order valence-electron chi connectivity index (χ1n) is 15.5. The van der Waals surface area contributed by atoms with Crippen molar-refractivity contribution in [2.45, 2.75) is 59.7 Å². The molecule has 1 aliphatic carbocycles. The number of ketones is 1. The van der Waals surface area contributed by atoms with Gasteiger partial charge in [-0.25, -0.2) is 0 Å². The molecule has 8 bridgehead atoms. The van der Waals surface area contributed by atoms with Gasteiger partial charge in [0.25, 0.3) is 6.61 Å². The third kappa shape index (κ3) is 4.72. The first-order valence-corrected chi connectivity index (χ1v) is 15.5. The predicted molar refractivity (Wildman–Crippen MR) is 178 cm³/mol. The number of aliphatic carboxylic acids is 1. The van der Waals surface area contributed by atoms with Gasteiger partial charge in [-0.3, -0.25) is 9.59 Å². The van der Waals surface area contributed by atoms with Crippen LogP contribution in [0.2, 0.25) is 0 Å². The fourth-order valence-corrected chi connectivity index (χ4v) is 7.48. The Hall–Kier alpha value is -3.57. The first kappa shape index (κ1) is 32.4. The zero-order valence-corrected chi connectivity index (χ0v) is 28.6. The third-order valence-corrected chi connectivity index (χ3v) is 10.4.